The Kier molecular flexibility index (Phi) is 7.35. The number of anilines is 1. The van der Waals surface area contributed by atoms with Gasteiger partial charge in [-0.3, -0.25) is 4.79 Å². The molecular formula is C19H17Cl2FN4O2S. The van der Waals surface area contributed by atoms with Crippen molar-refractivity contribution >= 4 is 46.6 Å². The number of nitrogens with one attached hydrogen (secondary N) is 1. The number of thioether (sulfide) groups is 1. The van der Waals surface area contributed by atoms with Gasteiger partial charge in [-0.05, 0) is 37.3 Å². The molecule has 0 spiro atoms. The third kappa shape index (κ3) is 5.62. The number of ether oxygens (including phenoxy) is 1. The Balaban J connectivity index is 1.60. The van der Waals surface area contributed by atoms with Gasteiger partial charge < -0.3 is 14.6 Å². The molecule has 0 saturated carbocycles. The SMILES string of the molecule is CCn1c(COc2ccc(Cl)cc2Cl)nnc1SCC(=O)Nc1ccccc1F. The fourth-order valence-electron chi connectivity index (χ4n) is 2.46. The molecule has 1 heterocycles. The summed E-state index contributed by atoms with van der Waals surface area (Å²) in [6, 6.07) is 11.0. The zero-order valence-electron chi connectivity index (χ0n) is 15.4. The number of carbonyl (C=O) groups is 1. The molecule has 3 rings (SSSR count). The predicted octanol–water partition coefficient (Wildman–Crippen LogP) is 5.05. The second kappa shape index (κ2) is 9.96. The highest BCUT2D eigenvalue weighted by Gasteiger charge is 2.15. The van der Waals surface area contributed by atoms with E-state index in [1.165, 1.54) is 23.9 Å². The van der Waals surface area contributed by atoms with Crippen molar-refractivity contribution in [1.82, 2.24) is 14.8 Å². The molecule has 1 N–H and O–H groups in total. The van der Waals surface area contributed by atoms with Gasteiger partial charge in [0.15, 0.2) is 11.0 Å². The van der Waals surface area contributed by atoms with Crippen LogP contribution in [0.1, 0.15) is 12.7 Å². The van der Waals surface area contributed by atoms with Crippen molar-refractivity contribution in [2.75, 3.05) is 11.1 Å². The van der Waals surface area contributed by atoms with Crippen LogP contribution in [0.15, 0.2) is 47.6 Å². The Morgan fingerprint density at radius 3 is 2.76 bits per heavy atom. The van der Waals surface area contributed by atoms with Gasteiger partial charge in [-0.1, -0.05) is 47.1 Å². The van der Waals surface area contributed by atoms with E-state index in [4.69, 9.17) is 27.9 Å². The van der Waals surface area contributed by atoms with E-state index < -0.39 is 5.82 Å². The molecular weight excluding hydrogens is 438 g/mol. The lowest BCUT2D eigenvalue weighted by atomic mass is 10.3. The molecule has 0 aliphatic rings. The quantitative estimate of drug-likeness (QED) is 0.482. The highest BCUT2D eigenvalue weighted by molar-refractivity contribution is 7.99. The van der Waals surface area contributed by atoms with Gasteiger partial charge in [-0.25, -0.2) is 4.39 Å². The lowest BCUT2D eigenvalue weighted by Crippen LogP contribution is -2.15. The number of rotatable bonds is 8. The van der Waals surface area contributed by atoms with E-state index in [0.29, 0.717) is 33.3 Å². The minimum absolute atomic E-state index is 0.0658. The zero-order valence-corrected chi connectivity index (χ0v) is 17.7. The van der Waals surface area contributed by atoms with Gasteiger partial charge in [0.1, 0.15) is 18.2 Å². The molecule has 0 saturated heterocycles. The molecule has 0 bridgehead atoms. The maximum absolute atomic E-state index is 13.6. The predicted molar refractivity (Wildman–Crippen MR) is 112 cm³/mol. The van der Waals surface area contributed by atoms with E-state index in [9.17, 15) is 9.18 Å². The summed E-state index contributed by atoms with van der Waals surface area (Å²) in [6.45, 7) is 2.69. The number of aromatic nitrogens is 3. The van der Waals surface area contributed by atoms with Crippen molar-refractivity contribution < 1.29 is 13.9 Å². The fraction of sp³-hybridized carbons (Fsp3) is 0.211. The van der Waals surface area contributed by atoms with E-state index >= 15 is 0 Å². The van der Waals surface area contributed by atoms with Gasteiger partial charge in [0.2, 0.25) is 5.91 Å². The summed E-state index contributed by atoms with van der Waals surface area (Å²) < 4.78 is 21.2. The minimum Gasteiger partial charge on any atom is -0.484 e. The Morgan fingerprint density at radius 2 is 2.03 bits per heavy atom. The van der Waals surface area contributed by atoms with Crippen molar-refractivity contribution in [1.29, 1.82) is 0 Å². The summed E-state index contributed by atoms with van der Waals surface area (Å²) in [5.41, 5.74) is 0.143. The van der Waals surface area contributed by atoms with Crippen molar-refractivity contribution in [3.63, 3.8) is 0 Å². The first-order valence-electron chi connectivity index (χ1n) is 8.65. The molecule has 0 unspecified atom stereocenters. The standard InChI is InChI=1S/C19H17Cl2FN4O2S/c1-2-26-17(10-28-16-8-7-12(20)9-13(16)21)24-25-19(26)29-11-18(27)23-15-6-4-3-5-14(15)22/h3-9H,2,10-11H2,1H3,(H,23,27). The van der Waals surface area contributed by atoms with Gasteiger partial charge in [0.05, 0.1) is 16.5 Å². The summed E-state index contributed by atoms with van der Waals surface area (Å²) in [4.78, 5) is 12.1. The molecule has 0 aliphatic carbocycles. The molecule has 0 aliphatic heterocycles. The molecule has 0 atom stereocenters. The molecule has 152 valence electrons. The number of benzene rings is 2. The Morgan fingerprint density at radius 1 is 1.24 bits per heavy atom. The highest BCUT2D eigenvalue weighted by atomic mass is 35.5. The highest BCUT2D eigenvalue weighted by Crippen LogP contribution is 2.28. The number of amides is 1. The largest absolute Gasteiger partial charge is 0.484 e. The molecule has 10 heteroatoms. The van der Waals surface area contributed by atoms with Gasteiger partial charge in [0.25, 0.3) is 0 Å². The molecule has 1 amide bonds. The lowest BCUT2D eigenvalue weighted by Gasteiger charge is -2.10. The maximum atomic E-state index is 13.6. The van der Waals surface area contributed by atoms with Crippen molar-refractivity contribution in [2.24, 2.45) is 0 Å². The molecule has 29 heavy (non-hydrogen) atoms. The first kappa shape index (κ1) is 21.4. The molecule has 1 aromatic heterocycles. The van der Waals surface area contributed by atoms with Crippen LogP contribution in [0.25, 0.3) is 0 Å². The zero-order chi connectivity index (χ0) is 20.8. The normalized spacial score (nSPS) is 10.8. The number of carbonyl (C=O) groups excluding carboxylic acids is 1. The van der Waals surface area contributed by atoms with E-state index in [-0.39, 0.29) is 24.0 Å². The number of para-hydroxylation sites is 1. The van der Waals surface area contributed by atoms with Crippen molar-refractivity contribution in [2.45, 2.75) is 25.2 Å². The smallest absolute Gasteiger partial charge is 0.234 e. The Labute approximate surface area is 181 Å². The van der Waals surface area contributed by atoms with Gasteiger partial charge >= 0.3 is 0 Å². The van der Waals surface area contributed by atoms with E-state index in [1.54, 1.807) is 30.3 Å². The van der Waals surface area contributed by atoms with Crippen LogP contribution in [0.3, 0.4) is 0 Å². The number of halogens is 3. The van der Waals surface area contributed by atoms with Crippen LogP contribution < -0.4 is 10.1 Å². The molecule has 0 radical (unpaired) electrons. The van der Waals surface area contributed by atoms with Crippen LogP contribution in [0.5, 0.6) is 5.75 Å². The summed E-state index contributed by atoms with van der Waals surface area (Å²) in [6.07, 6.45) is 0. The molecule has 6 nitrogen and oxygen atoms in total. The molecule has 0 fully saturated rings. The monoisotopic (exact) mass is 454 g/mol. The first-order chi connectivity index (χ1) is 14.0. The van der Waals surface area contributed by atoms with Gasteiger partial charge in [-0.15, -0.1) is 10.2 Å². The Hall–Kier alpha value is -2.29. The number of hydrogen-bond acceptors (Lipinski definition) is 5. The molecule has 3 aromatic rings. The number of nitrogens with zero attached hydrogens (tertiary/aromatic N) is 3. The average molecular weight is 455 g/mol. The third-order valence-electron chi connectivity index (χ3n) is 3.84. The van der Waals surface area contributed by atoms with Crippen molar-refractivity contribution in [3.05, 3.63) is 64.2 Å². The fourth-order valence-corrected chi connectivity index (χ4v) is 3.75. The van der Waals surface area contributed by atoms with E-state index in [1.807, 2.05) is 11.5 Å². The second-order valence-electron chi connectivity index (χ2n) is 5.82. The lowest BCUT2D eigenvalue weighted by molar-refractivity contribution is -0.113. The van der Waals surface area contributed by atoms with Gasteiger partial charge in [0, 0.05) is 11.6 Å². The average Bonchev–Trinajstić information content (AvgIpc) is 3.09. The van der Waals surface area contributed by atoms with Crippen LogP contribution in [-0.2, 0) is 17.9 Å². The van der Waals surface area contributed by atoms with Crippen LogP contribution in [-0.4, -0.2) is 26.4 Å². The topological polar surface area (TPSA) is 69.0 Å². The van der Waals surface area contributed by atoms with Crippen LogP contribution in [0.2, 0.25) is 10.0 Å². The minimum atomic E-state index is -0.483. The van der Waals surface area contributed by atoms with Gasteiger partial charge in [-0.2, -0.15) is 0 Å². The summed E-state index contributed by atoms with van der Waals surface area (Å²) >= 11 is 13.2. The summed E-state index contributed by atoms with van der Waals surface area (Å²) in [5.74, 6) is 0.325. The van der Waals surface area contributed by atoms with Crippen molar-refractivity contribution in [3.8, 4) is 5.75 Å². The van der Waals surface area contributed by atoms with Crippen LogP contribution in [0, 0.1) is 5.82 Å². The second-order valence-corrected chi connectivity index (χ2v) is 7.61. The first-order valence-corrected chi connectivity index (χ1v) is 10.4. The summed E-state index contributed by atoms with van der Waals surface area (Å²) in [7, 11) is 0. The summed E-state index contributed by atoms with van der Waals surface area (Å²) in [5, 5.41) is 12.3. The van der Waals surface area contributed by atoms with E-state index in [2.05, 4.69) is 15.5 Å². The third-order valence-corrected chi connectivity index (χ3v) is 5.34. The van der Waals surface area contributed by atoms with Crippen LogP contribution in [0.4, 0.5) is 10.1 Å². The number of hydrogen-bond donors (Lipinski definition) is 1. The molecule has 2 aromatic carbocycles. The Bertz CT molecular complexity index is 1020. The van der Waals surface area contributed by atoms with E-state index in [0.717, 1.165) is 0 Å². The maximum Gasteiger partial charge on any atom is 0.234 e. The van der Waals surface area contributed by atoms with Crippen LogP contribution >= 0.6 is 35.0 Å².